The van der Waals surface area contributed by atoms with Gasteiger partial charge in [0.2, 0.25) is 0 Å². The van der Waals surface area contributed by atoms with Crippen molar-refractivity contribution >= 4 is 0 Å². The van der Waals surface area contributed by atoms with Crippen LogP contribution in [0.4, 0.5) is 0 Å². The first-order chi connectivity index (χ1) is 9.42. The molecule has 1 aliphatic carbocycles. The van der Waals surface area contributed by atoms with Crippen LogP contribution in [0.3, 0.4) is 0 Å². The van der Waals surface area contributed by atoms with Crippen LogP contribution in [0, 0.1) is 5.92 Å². The third kappa shape index (κ3) is 3.54. The second-order valence-corrected chi connectivity index (χ2v) is 6.90. The Bertz CT molecular complexity index is 422. The zero-order valence-corrected chi connectivity index (χ0v) is 13.2. The summed E-state index contributed by atoms with van der Waals surface area (Å²) in [5, 5.41) is 10.0. The van der Waals surface area contributed by atoms with Gasteiger partial charge in [0.25, 0.3) is 0 Å². The largest absolute Gasteiger partial charge is 0.488 e. The van der Waals surface area contributed by atoms with Gasteiger partial charge < -0.3 is 9.84 Å². The maximum atomic E-state index is 10.0. The molecule has 20 heavy (non-hydrogen) atoms. The average Bonchev–Trinajstić information content (AvgIpc) is 2.43. The van der Waals surface area contributed by atoms with Crippen molar-refractivity contribution in [2.24, 2.45) is 5.92 Å². The van der Waals surface area contributed by atoms with Crippen LogP contribution in [0.2, 0.25) is 0 Å². The molecule has 0 heterocycles. The van der Waals surface area contributed by atoms with Gasteiger partial charge in [-0.3, -0.25) is 0 Å². The van der Waals surface area contributed by atoms with Gasteiger partial charge in [-0.25, -0.2) is 0 Å². The number of hydrogen-bond acceptors (Lipinski definition) is 2. The van der Waals surface area contributed by atoms with E-state index in [1.54, 1.807) is 0 Å². The Balaban J connectivity index is 2.03. The summed E-state index contributed by atoms with van der Waals surface area (Å²) in [5.74, 6) is 1.51. The lowest BCUT2D eigenvalue weighted by Gasteiger charge is -2.32. The Kier molecular flexibility index (Phi) is 4.74. The molecule has 3 atom stereocenters. The Morgan fingerprint density at radius 1 is 1.20 bits per heavy atom. The Morgan fingerprint density at radius 3 is 2.45 bits per heavy atom. The highest BCUT2D eigenvalue weighted by Gasteiger charge is 2.28. The van der Waals surface area contributed by atoms with Crippen molar-refractivity contribution in [3.8, 4) is 5.75 Å². The van der Waals surface area contributed by atoms with Crippen LogP contribution in [0.15, 0.2) is 24.3 Å². The smallest absolute Gasteiger partial charge is 0.125 e. The van der Waals surface area contributed by atoms with Gasteiger partial charge in [-0.2, -0.15) is 0 Å². The van der Waals surface area contributed by atoms with Crippen LogP contribution >= 0.6 is 0 Å². The summed E-state index contributed by atoms with van der Waals surface area (Å²) in [6.45, 7) is 8.96. The monoisotopic (exact) mass is 276 g/mol. The van der Waals surface area contributed by atoms with Gasteiger partial charge in [0.1, 0.15) is 11.9 Å². The summed E-state index contributed by atoms with van der Waals surface area (Å²) < 4.78 is 5.99. The maximum Gasteiger partial charge on any atom is 0.125 e. The van der Waals surface area contributed by atoms with Crippen molar-refractivity contribution in [2.45, 2.75) is 71.0 Å². The molecule has 0 amide bonds. The molecule has 0 aromatic heterocycles. The van der Waals surface area contributed by atoms with Gasteiger partial charge in [-0.15, -0.1) is 0 Å². The molecule has 0 aliphatic heterocycles. The van der Waals surface area contributed by atoms with Crippen LogP contribution in [-0.2, 0) is 5.41 Å². The lowest BCUT2D eigenvalue weighted by molar-refractivity contribution is -0.00759. The first kappa shape index (κ1) is 15.4. The number of ether oxygens (including phenoxy) is 1. The van der Waals surface area contributed by atoms with Crippen molar-refractivity contribution in [1.82, 2.24) is 0 Å². The molecule has 1 saturated carbocycles. The minimum Gasteiger partial charge on any atom is -0.488 e. The van der Waals surface area contributed by atoms with Crippen LogP contribution in [0.25, 0.3) is 0 Å². The number of rotatable bonds is 4. The van der Waals surface area contributed by atoms with E-state index in [9.17, 15) is 5.11 Å². The molecule has 0 radical (unpaired) electrons. The highest BCUT2D eigenvalue weighted by molar-refractivity contribution is 5.31. The highest BCUT2D eigenvalue weighted by Crippen LogP contribution is 2.30. The fourth-order valence-electron chi connectivity index (χ4n) is 2.80. The molecule has 1 aromatic carbocycles. The second kappa shape index (κ2) is 6.17. The predicted molar refractivity (Wildman–Crippen MR) is 83.2 cm³/mol. The van der Waals surface area contributed by atoms with Gasteiger partial charge in [0.15, 0.2) is 0 Å². The summed E-state index contributed by atoms with van der Waals surface area (Å²) in [5.41, 5.74) is 1.54. The summed E-state index contributed by atoms with van der Waals surface area (Å²) in [6, 6.07) is 8.38. The molecular formula is C18H28O2. The lowest BCUT2D eigenvalue weighted by Crippen LogP contribution is -2.37. The molecule has 1 aromatic rings. The van der Waals surface area contributed by atoms with Gasteiger partial charge >= 0.3 is 0 Å². The van der Waals surface area contributed by atoms with Crippen LogP contribution in [0.1, 0.15) is 58.9 Å². The molecule has 0 bridgehead atoms. The molecule has 2 nitrogen and oxygen atoms in total. The Morgan fingerprint density at radius 2 is 1.85 bits per heavy atom. The zero-order chi connectivity index (χ0) is 14.8. The van der Waals surface area contributed by atoms with E-state index in [4.69, 9.17) is 4.74 Å². The van der Waals surface area contributed by atoms with E-state index in [-0.39, 0.29) is 17.6 Å². The van der Waals surface area contributed by atoms with Crippen molar-refractivity contribution in [3.63, 3.8) is 0 Å². The Hall–Kier alpha value is -1.02. The van der Waals surface area contributed by atoms with Gasteiger partial charge in [0.05, 0.1) is 6.10 Å². The molecule has 1 aliphatic rings. The molecule has 1 N–H and O–H groups in total. The van der Waals surface area contributed by atoms with Crippen LogP contribution in [-0.4, -0.2) is 17.3 Å². The first-order valence-electron chi connectivity index (χ1n) is 7.87. The molecular weight excluding hydrogens is 248 g/mol. The number of benzene rings is 1. The van der Waals surface area contributed by atoms with E-state index in [2.05, 4.69) is 39.8 Å². The van der Waals surface area contributed by atoms with Gasteiger partial charge in [-0.1, -0.05) is 39.8 Å². The third-order valence-corrected chi connectivity index (χ3v) is 4.83. The van der Waals surface area contributed by atoms with Crippen molar-refractivity contribution in [1.29, 1.82) is 0 Å². The molecule has 0 saturated heterocycles. The average molecular weight is 276 g/mol. The molecule has 0 spiro atoms. The fourth-order valence-corrected chi connectivity index (χ4v) is 2.80. The van der Waals surface area contributed by atoms with Crippen molar-refractivity contribution in [2.75, 3.05) is 0 Å². The minimum atomic E-state index is -0.321. The topological polar surface area (TPSA) is 29.5 Å². The summed E-state index contributed by atoms with van der Waals surface area (Å²) >= 11 is 0. The fraction of sp³-hybridized carbons (Fsp3) is 0.667. The van der Waals surface area contributed by atoms with Crippen molar-refractivity contribution in [3.05, 3.63) is 29.8 Å². The number of hydrogen-bond donors (Lipinski definition) is 1. The predicted octanol–water partition coefficient (Wildman–Crippen LogP) is 4.30. The highest BCUT2D eigenvalue weighted by atomic mass is 16.5. The quantitative estimate of drug-likeness (QED) is 0.888. The molecule has 112 valence electrons. The van der Waals surface area contributed by atoms with Gasteiger partial charge in [-0.05, 0) is 54.7 Å². The first-order valence-corrected chi connectivity index (χ1v) is 7.87. The second-order valence-electron chi connectivity index (χ2n) is 6.90. The van der Waals surface area contributed by atoms with Gasteiger partial charge in [0, 0.05) is 0 Å². The summed E-state index contributed by atoms with van der Waals surface area (Å²) in [7, 11) is 0. The lowest BCUT2D eigenvalue weighted by atomic mass is 9.82. The Labute approximate surface area is 123 Å². The molecule has 3 unspecified atom stereocenters. The third-order valence-electron chi connectivity index (χ3n) is 4.83. The number of aliphatic hydroxyl groups is 1. The molecule has 2 heteroatoms. The zero-order valence-electron chi connectivity index (χ0n) is 13.2. The standard InChI is InChI=1S/C18H28O2/c1-5-18(3,4)14-7-9-15(10-8-14)20-17-12-13(2)6-11-16(17)19/h7-10,13,16-17,19H,5-6,11-12H2,1-4H3. The number of aliphatic hydroxyl groups excluding tert-OH is 1. The van der Waals surface area contributed by atoms with Crippen LogP contribution in [0.5, 0.6) is 5.75 Å². The molecule has 1 fully saturated rings. The van der Waals surface area contributed by atoms with Crippen molar-refractivity contribution < 1.29 is 9.84 Å². The van der Waals surface area contributed by atoms with Crippen LogP contribution < -0.4 is 4.74 Å². The maximum absolute atomic E-state index is 10.0. The normalized spacial score (nSPS) is 27.4. The van der Waals surface area contributed by atoms with E-state index in [1.807, 2.05) is 12.1 Å². The molecule has 2 rings (SSSR count). The van der Waals surface area contributed by atoms with E-state index in [0.29, 0.717) is 5.92 Å². The van der Waals surface area contributed by atoms with E-state index in [1.165, 1.54) is 5.56 Å². The summed E-state index contributed by atoms with van der Waals surface area (Å²) in [4.78, 5) is 0. The minimum absolute atomic E-state index is 0.0521. The summed E-state index contributed by atoms with van der Waals surface area (Å²) in [6.07, 6.45) is 3.65. The SMILES string of the molecule is CCC(C)(C)c1ccc(OC2CC(C)CCC2O)cc1. The van der Waals surface area contributed by atoms with E-state index < -0.39 is 0 Å². The van der Waals surface area contributed by atoms with E-state index >= 15 is 0 Å². The van der Waals surface area contributed by atoms with E-state index in [0.717, 1.165) is 31.4 Å².